The van der Waals surface area contributed by atoms with Gasteiger partial charge in [-0.3, -0.25) is 15.0 Å². The number of ether oxygens (including phenoxy) is 3. The Morgan fingerprint density at radius 3 is 2.85 bits per heavy atom. The first kappa shape index (κ1) is 21.5. The van der Waals surface area contributed by atoms with E-state index in [4.69, 9.17) is 14.2 Å². The van der Waals surface area contributed by atoms with Crippen LogP contribution >= 0.6 is 0 Å². The van der Waals surface area contributed by atoms with Crippen LogP contribution in [0.25, 0.3) is 10.9 Å². The molecule has 0 unspecified atom stereocenters. The van der Waals surface area contributed by atoms with Crippen LogP contribution in [0.5, 0.6) is 11.5 Å². The molecule has 2 aromatic carbocycles. The fourth-order valence-electron chi connectivity index (χ4n) is 5.22. The minimum absolute atomic E-state index is 0.0450. The predicted molar refractivity (Wildman–Crippen MR) is 128 cm³/mol. The SMILES string of the molecule is O=C(NCCCN1CCOCC1)[C@H]1Cc2c([nH]c3ccccc23)[C@H](c2ccc3c(c2)OCO3)N1. The molecule has 3 aromatic rings. The number of carbonyl (C=O) groups excluding carboxylic acids is 1. The quantitative estimate of drug-likeness (QED) is 0.488. The molecule has 1 saturated heterocycles. The molecule has 178 valence electrons. The molecule has 6 rings (SSSR count). The van der Waals surface area contributed by atoms with Crippen LogP contribution in [-0.4, -0.2) is 68.0 Å². The van der Waals surface area contributed by atoms with E-state index in [1.165, 1.54) is 10.9 Å². The lowest BCUT2D eigenvalue weighted by Crippen LogP contribution is -2.50. The van der Waals surface area contributed by atoms with Gasteiger partial charge in [0.05, 0.1) is 25.3 Å². The Bertz CT molecular complexity index is 1190. The van der Waals surface area contributed by atoms with Gasteiger partial charge in [-0.15, -0.1) is 0 Å². The monoisotopic (exact) mass is 462 g/mol. The van der Waals surface area contributed by atoms with E-state index in [0.717, 1.165) is 67.5 Å². The van der Waals surface area contributed by atoms with Gasteiger partial charge in [-0.25, -0.2) is 0 Å². The first-order valence-electron chi connectivity index (χ1n) is 12.1. The van der Waals surface area contributed by atoms with E-state index in [1.54, 1.807) is 0 Å². The zero-order valence-electron chi connectivity index (χ0n) is 19.1. The molecule has 1 amide bonds. The maximum absolute atomic E-state index is 13.2. The predicted octanol–water partition coefficient (Wildman–Crippen LogP) is 2.34. The van der Waals surface area contributed by atoms with Crippen LogP contribution < -0.4 is 20.1 Å². The number of para-hydroxylation sites is 1. The molecule has 0 spiro atoms. The number of nitrogens with zero attached hydrogens (tertiary/aromatic N) is 1. The molecule has 4 heterocycles. The number of benzene rings is 2. The number of aromatic nitrogens is 1. The average Bonchev–Trinajstić information content (AvgIpc) is 3.50. The average molecular weight is 463 g/mol. The minimum Gasteiger partial charge on any atom is -0.454 e. The second kappa shape index (κ2) is 9.29. The number of aromatic amines is 1. The third kappa shape index (κ3) is 4.13. The van der Waals surface area contributed by atoms with Gasteiger partial charge < -0.3 is 24.5 Å². The van der Waals surface area contributed by atoms with Gasteiger partial charge in [0.1, 0.15) is 0 Å². The van der Waals surface area contributed by atoms with Crippen LogP contribution in [0.4, 0.5) is 0 Å². The van der Waals surface area contributed by atoms with E-state index in [0.29, 0.717) is 13.0 Å². The maximum Gasteiger partial charge on any atom is 0.237 e. The molecule has 2 atom stereocenters. The summed E-state index contributed by atoms with van der Waals surface area (Å²) >= 11 is 0. The number of hydrogen-bond acceptors (Lipinski definition) is 6. The van der Waals surface area contributed by atoms with Crippen LogP contribution in [0.3, 0.4) is 0 Å². The zero-order chi connectivity index (χ0) is 22.9. The molecule has 0 aliphatic carbocycles. The molecule has 1 fully saturated rings. The number of morpholine rings is 1. The Morgan fingerprint density at radius 1 is 1.09 bits per heavy atom. The highest BCUT2D eigenvalue weighted by atomic mass is 16.7. The summed E-state index contributed by atoms with van der Waals surface area (Å²) in [5, 5.41) is 7.94. The number of nitrogens with one attached hydrogen (secondary N) is 3. The molecule has 34 heavy (non-hydrogen) atoms. The molecule has 1 aromatic heterocycles. The number of carbonyl (C=O) groups is 1. The Hall–Kier alpha value is -3.07. The zero-order valence-corrected chi connectivity index (χ0v) is 19.1. The molecule has 3 aliphatic rings. The van der Waals surface area contributed by atoms with Crippen molar-refractivity contribution in [3.05, 3.63) is 59.3 Å². The summed E-state index contributed by atoms with van der Waals surface area (Å²) in [6, 6.07) is 13.8. The summed E-state index contributed by atoms with van der Waals surface area (Å²) in [6.45, 7) is 5.43. The highest BCUT2D eigenvalue weighted by molar-refractivity contribution is 5.88. The summed E-state index contributed by atoms with van der Waals surface area (Å²) in [4.78, 5) is 19.2. The molecular weight excluding hydrogens is 432 g/mol. The highest BCUT2D eigenvalue weighted by Gasteiger charge is 2.34. The van der Waals surface area contributed by atoms with Crippen molar-refractivity contribution in [3.63, 3.8) is 0 Å². The van der Waals surface area contributed by atoms with Crippen molar-refractivity contribution in [1.29, 1.82) is 0 Å². The standard InChI is InChI=1S/C26H30N4O4/c31-26(27-8-3-9-30-10-12-32-13-11-30)21-15-19-18-4-1-2-5-20(18)28-25(19)24(29-21)17-6-7-22-23(14-17)34-16-33-22/h1-2,4-7,14,21,24,28-29H,3,8-13,15-16H2,(H,27,31)/t21-,24+/m1/s1. The Labute approximate surface area is 198 Å². The topological polar surface area (TPSA) is 87.9 Å². The van der Waals surface area contributed by atoms with Crippen LogP contribution in [-0.2, 0) is 16.0 Å². The molecular formula is C26H30N4O4. The first-order valence-corrected chi connectivity index (χ1v) is 12.1. The summed E-state index contributed by atoms with van der Waals surface area (Å²) in [5.41, 5.74) is 4.44. The number of amides is 1. The van der Waals surface area contributed by atoms with Crippen molar-refractivity contribution in [2.45, 2.75) is 24.9 Å². The minimum atomic E-state index is -0.314. The van der Waals surface area contributed by atoms with Gasteiger partial charge in [-0.1, -0.05) is 24.3 Å². The van der Waals surface area contributed by atoms with Gasteiger partial charge in [0.15, 0.2) is 11.5 Å². The second-order valence-electron chi connectivity index (χ2n) is 9.13. The first-order chi connectivity index (χ1) is 16.8. The number of fused-ring (bicyclic) bond motifs is 4. The third-order valence-corrected chi connectivity index (χ3v) is 7.01. The van der Waals surface area contributed by atoms with Gasteiger partial charge in [0, 0.05) is 36.2 Å². The van der Waals surface area contributed by atoms with E-state index < -0.39 is 0 Å². The summed E-state index contributed by atoms with van der Waals surface area (Å²) in [7, 11) is 0. The van der Waals surface area contributed by atoms with Gasteiger partial charge >= 0.3 is 0 Å². The molecule has 3 aliphatic heterocycles. The Kier molecular flexibility index (Phi) is 5.86. The van der Waals surface area contributed by atoms with E-state index in [9.17, 15) is 4.79 Å². The molecule has 8 nitrogen and oxygen atoms in total. The maximum atomic E-state index is 13.2. The van der Waals surface area contributed by atoms with E-state index in [-0.39, 0.29) is 24.8 Å². The Morgan fingerprint density at radius 2 is 1.94 bits per heavy atom. The van der Waals surface area contributed by atoms with Crippen LogP contribution in [0.2, 0.25) is 0 Å². The molecule has 8 heteroatoms. The van der Waals surface area contributed by atoms with Gasteiger partial charge in [0.2, 0.25) is 12.7 Å². The number of hydrogen-bond donors (Lipinski definition) is 3. The van der Waals surface area contributed by atoms with Crippen molar-refractivity contribution in [2.75, 3.05) is 46.2 Å². The van der Waals surface area contributed by atoms with Crippen molar-refractivity contribution in [1.82, 2.24) is 20.5 Å². The van der Waals surface area contributed by atoms with Crippen molar-refractivity contribution < 1.29 is 19.0 Å². The van der Waals surface area contributed by atoms with Crippen LogP contribution in [0.1, 0.15) is 29.3 Å². The van der Waals surface area contributed by atoms with Crippen LogP contribution in [0.15, 0.2) is 42.5 Å². The fourth-order valence-corrected chi connectivity index (χ4v) is 5.22. The van der Waals surface area contributed by atoms with E-state index in [1.807, 2.05) is 24.3 Å². The second-order valence-corrected chi connectivity index (χ2v) is 9.13. The summed E-state index contributed by atoms with van der Waals surface area (Å²) in [5.74, 6) is 1.54. The lowest BCUT2D eigenvalue weighted by atomic mass is 9.90. The molecule has 3 N–H and O–H groups in total. The lowest BCUT2D eigenvalue weighted by Gasteiger charge is -2.31. The number of H-pyrrole nitrogens is 1. The molecule has 0 saturated carbocycles. The smallest absolute Gasteiger partial charge is 0.237 e. The summed E-state index contributed by atoms with van der Waals surface area (Å²) < 4.78 is 16.5. The normalized spacial score (nSPS) is 22.0. The highest BCUT2D eigenvalue weighted by Crippen LogP contribution is 2.39. The van der Waals surface area contributed by atoms with E-state index in [2.05, 4.69) is 38.7 Å². The van der Waals surface area contributed by atoms with Crippen molar-refractivity contribution in [2.24, 2.45) is 0 Å². The Balaban J connectivity index is 1.21. The largest absolute Gasteiger partial charge is 0.454 e. The van der Waals surface area contributed by atoms with Crippen molar-refractivity contribution >= 4 is 16.8 Å². The molecule has 0 radical (unpaired) electrons. The van der Waals surface area contributed by atoms with E-state index >= 15 is 0 Å². The van der Waals surface area contributed by atoms with Gasteiger partial charge in [0.25, 0.3) is 0 Å². The van der Waals surface area contributed by atoms with Crippen molar-refractivity contribution in [3.8, 4) is 11.5 Å². The molecule has 0 bridgehead atoms. The number of rotatable bonds is 6. The van der Waals surface area contributed by atoms with Crippen LogP contribution in [0, 0.1) is 0 Å². The fraction of sp³-hybridized carbons (Fsp3) is 0.423. The van der Waals surface area contributed by atoms with Gasteiger partial charge in [-0.2, -0.15) is 0 Å². The summed E-state index contributed by atoms with van der Waals surface area (Å²) in [6.07, 6.45) is 1.58. The lowest BCUT2D eigenvalue weighted by molar-refractivity contribution is -0.123. The third-order valence-electron chi connectivity index (χ3n) is 7.01. The van der Waals surface area contributed by atoms with Gasteiger partial charge in [-0.05, 0) is 48.7 Å².